The lowest BCUT2D eigenvalue weighted by molar-refractivity contribution is -0.124. The van der Waals surface area contributed by atoms with Gasteiger partial charge in [-0.2, -0.15) is 0 Å². The van der Waals surface area contributed by atoms with E-state index >= 15 is 0 Å². The van der Waals surface area contributed by atoms with Crippen LogP contribution in [0.1, 0.15) is 46.1 Å². The number of thiophene rings is 1. The molecule has 2 atom stereocenters. The van der Waals surface area contributed by atoms with E-state index in [2.05, 4.69) is 22.0 Å². The first-order chi connectivity index (χ1) is 17.0. The number of hydrogen-bond acceptors (Lipinski definition) is 7. The third-order valence-electron chi connectivity index (χ3n) is 7.15. The monoisotopic (exact) mass is 500 g/mol. The molecular weight excluding hydrogens is 464 g/mol. The van der Waals surface area contributed by atoms with Crippen molar-refractivity contribution in [2.75, 3.05) is 67.1 Å². The number of likely N-dealkylation sites (N-methyl/N-ethyl adjacent to an activating group) is 2. The SMILES string of the molecule is CCN1CCN(CCCNC(=O)[C@@H]2c3cc(OC)c(OC)cc3C(=O)N(C)[C@H]2c2cccs2)CC1. The van der Waals surface area contributed by atoms with E-state index in [1.165, 1.54) is 0 Å². The summed E-state index contributed by atoms with van der Waals surface area (Å²) in [5.41, 5.74) is 1.16. The normalized spacial score (nSPS) is 21.0. The van der Waals surface area contributed by atoms with Crippen molar-refractivity contribution in [3.8, 4) is 11.5 Å². The van der Waals surface area contributed by atoms with Gasteiger partial charge in [0.05, 0.1) is 26.2 Å². The molecule has 2 amide bonds. The molecule has 8 nitrogen and oxygen atoms in total. The molecule has 1 saturated heterocycles. The van der Waals surface area contributed by atoms with E-state index in [0.29, 0.717) is 29.2 Å². The number of piperazine rings is 1. The van der Waals surface area contributed by atoms with Crippen LogP contribution < -0.4 is 14.8 Å². The number of ether oxygens (including phenoxy) is 2. The molecule has 190 valence electrons. The molecule has 1 aromatic carbocycles. The molecule has 0 saturated carbocycles. The Morgan fingerprint density at radius 3 is 2.43 bits per heavy atom. The van der Waals surface area contributed by atoms with Gasteiger partial charge >= 0.3 is 0 Å². The van der Waals surface area contributed by atoms with Crippen LogP contribution in [0.2, 0.25) is 0 Å². The number of carbonyl (C=O) groups is 2. The summed E-state index contributed by atoms with van der Waals surface area (Å²) in [5, 5.41) is 5.14. The Balaban J connectivity index is 1.53. The summed E-state index contributed by atoms with van der Waals surface area (Å²) in [7, 11) is 4.87. The maximum Gasteiger partial charge on any atom is 0.254 e. The van der Waals surface area contributed by atoms with Crippen LogP contribution in [-0.2, 0) is 4.79 Å². The zero-order valence-corrected chi connectivity index (χ0v) is 21.9. The van der Waals surface area contributed by atoms with E-state index in [-0.39, 0.29) is 17.9 Å². The van der Waals surface area contributed by atoms with Gasteiger partial charge in [-0.25, -0.2) is 0 Å². The Morgan fingerprint density at radius 2 is 1.80 bits per heavy atom. The number of nitrogens with one attached hydrogen (secondary N) is 1. The number of hydrogen-bond donors (Lipinski definition) is 1. The molecule has 0 unspecified atom stereocenters. The van der Waals surface area contributed by atoms with Gasteiger partial charge in [-0.15, -0.1) is 11.3 Å². The largest absolute Gasteiger partial charge is 0.493 e. The summed E-state index contributed by atoms with van der Waals surface area (Å²) in [6.07, 6.45) is 0.891. The minimum atomic E-state index is -0.542. The van der Waals surface area contributed by atoms with Gasteiger partial charge < -0.3 is 29.5 Å². The number of carbonyl (C=O) groups excluding carboxylic acids is 2. The highest BCUT2D eigenvalue weighted by molar-refractivity contribution is 7.10. The zero-order chi connectivity index (χ0) is 24.9. The van der Waals surface area contributed by atoms with E-state index < -0.39 is 5.92 Å². The summed E-state index contributed by atoms with van der Waals surface area (Å²) >= 11 is 1.56. The van der Waals surface area contributed by atoms with Crippen molar-refractivity contribution in [1.29, 1.82) is 0 Å². The van der Waals surface area contributed by atoms with Gasteiger partial charge in [0.15, 0.2) is 11.5 Å². The van der Waals surface area contributed by atoms with E-state index in [1.807, 2.05) is 17.5 Å². The lowest BCUT2D eigenvalue weighted by Gasteiger charge is -2.39. The fraction of sp³-hybridized carbons (Fsp3) is 0.538. The van der Waals surface area contributed by atoms with Gasteiger partial charge in [0.25, 0.3) is 5.91 Å². The predicted octanol–water partition coefficient (Wildman–Crippen LogP) is 2.82. The highest BCUT2D eigenvalue weighted by Crippen LogP contribution is 2.46. The molecule has 3 heterocycles. The summed E-state index contributed by atoms with van der Waals surface area (Å²) in [6.45, 7) is 9.24. The van der Waals surface area contributed by atoms with Gasteiger partial charge in [0.1, 0.15) is 0 Å². The maximum absolute atomic E-state index is 13.7. The van der Waals surface area contributed by atoms with Crippen molar-refractivity contribution >= 4 is 23.2 Å². The van der Waals surface area contributed by atoms with E-state index in [0.717, 1.165) is 50.6 Å². The van der Waals surface area contributed by atoms with Gasteiger partial charge in [0.2, 0.25) is 5.91 Å². The second kappa shape index (κ2) is 11.4. The molecule has 1 fully saturated rings. The van der Waals surface area contributed by atoms with Crippen molar-refractivity contribution < 1.29 is 19.1 Å². The van der Waals surface area contributed by atoms with Crippen molar-refractivity contribution in [2.24, 2.45) is 0 Å². The van der Waals surface area contributed by atoms with E-state index in [4.69, 9.17) is 9.47 Å². The van der Waals surface area contributed by atoms with Gasteiger partial charge in [-0.05, 0) is 48.7 Å². The molecule has 1 aromatic heterocycles. The fourth-order valence-electron chi connectivity index (χ4n) is 5.10. The number of benzene rings is 1. The topological polar surface area (TPSA) is 74.4 Å². The highest BCUT2D eigenvalue weighted by Gasteiger charge is 2.44. The Hall–Kier alpha value is -2.62. The summed E-state index contributed by atoms with van der Waals surface area (Å²) in [5.74, 6) is 0.239. The molecule has 0 bridgehead atoms. The van der Waals surface area contributed by atoms with Gasteiger partial charge in [-0.1, -0.05) is 13.0 Å². The van der Waals surface area contributed by atoms with Crippen LogP contribution in [0.4, 0.5) is 0 Å². The van der Waals surface area contributed by atoms with Crippen LogP contribution in [0.5, 0.6) is 11.5 Å². The molecule has 2 aromatic rings. The molecule has 35 heavy (non-hydrogen) atoms. The maximum atomic E-state index is 13.7. The highest BCUT2D eigenvalue weighted by atomic mass is 32.1. The lowest BCUT2D eigenvalue weighted by atomic mass is 9.81. The fourth-order valence-corrected chi connectivity index (χ4v) is 6.00. The number of rotatable bonds is 9. The number of nitrogens with zero attached hydrogens (tertiary/aromatic N) is 3. The van der Waals surface area contributed by atoms with Crippen LogP contribution in [0.25, 0.3) is 0 Å². The molecule has 0 radical (unpaired) electrons. The third-order valence-corrected chi connectivity index (χ3v) is 8.10. The van der Waals surface area contributed by atoms with Crippen molar-refractivity contribution in [2.45, 2.75) is 25.3 Å². The quantitative estimate of drug-likeness (QED) is 0.534. The molecular formula is C26H36N4O4S. The molecule has 2 aliphatic heterocycles. The zero-order valence-electron chi connectivity index (χ0n) is 21.1. The predicted molar refractivity (Wildman–Crippen MR) is 138 cm³/mol. The van der Waals surface area contributed by atoms with Crippen LogP contribution in [0.3, 0.4) is 0 Å². The van der Waals surface area contributed by atoms with Crippen LogP contribution in [0.15, 0.2) is 29.6 Å². The molecule has 2 aliphatic rings. The lowest BCUT2D eigenvalue weighted by Crippen LogP contribution is -2.47. The molecule has 0 aliphatic carbocycles. The van der Waals surface area contributed by atoms with Crippen LogP contribution in [-0.4, -0.2) is 93.6 Å². The van der Waals surface area contributed by atoms with Crippen LogP contribution in [0, 0.1) is 0 Å². The molecule has 1 N–H and O–H groups in total. The Labute approximate surface area is 211 Å². The standard InChI is InChI=1S/C26H36N4O4S/c1-5-29-11-13-30(14-12-29)10-7-9-27-25(31)23-18-16-20(33-3)21(34-4)17-19(18)26(32)28(2)24(23)22-8-6-15-35-22/h6,8,15-17,23-24H,5,7,9-14H2,1-4H3,(H,27,31)/t23-,24+/m1/s1. The minimum absolute atomic E-state index is 0.0768. The van der Waals surface area contributed by atoms with Gasteiger partial charge in [-0.3, -0.25) is 9.59 Å². The second-order valence-corrected chi connectivity index (χ2v) is 10.0. The van der Waals surface area contributed by atoms with Gasteiger partial charge in [0, 0.05) is 50.2 Å². The second-order valence-electron chi connectivity index (χ2n) is 9.07. The summed E-state index contributed by atoms with van der Waals surface area (Å²) in [6, 6.07) is 7.04. The first kappa shape index (κ1) is 25.5. The number of methoxy groups -OCH3 is 2. The number of amides is 2. The minimum Gasteiger partial charge on any atom is -0.493 e. The first-order valence-electron chi connectivity index (χ1n) is 12.3. The van der Waals surface area contributed by atoms with Crippen molar-refractivity contribution in [3.63, 3.8) is 0 Å². The Kier molecular flexibility index (Phi) is 8.30. The van der Waals surface area contributed by atoms with E-state index in [9.17, 15) is 9.59 Å². The molecule has 0 spiro atoms. The average molecular weight is 501 g/mol. The van der Waals surface area contributed by atoms with Crippen molar-refractivity contribution in [1.82, 2.24) is 20.0 Å². The van der Waals surface area contributed by atoms with E-state index in [1.54, 1.807) is 49.6 Å². The third kappa shape index (κ3) is 5.32. The smallest absolute Gasteiger partial charge is 0.254 e. The molecule has 9 heteroatoms. The molecule has 4 rings (SSSR count). The van der Waals surface area contributed by atoms with Crippen molar-refractivity contribution in [3.05, 3.63) is 45.6 Å². The summed E-state index contributed by atoms with van der Waals surface area (Å²) in [4.78, 5) is 34.6. The Morgan fingerprint density at radius 1 is 1.11 bits per heavy atom. The first-order valence-corrected chi connectivity index (χ1v) is 13.1. The van der Waals surface area contributed by atoms with Crippen LogP contribution >= 0.6 is 11.3 Å². The Bertz CT molecular complexity index is 1020. The number of fused-ring (bicyclic) bond motifs is 1. The summed E-state index contributed by atoms with van der Waals surface area (Å²) < 4.78 is 10.9. The average Bonchev–Trinajstić information content (AvgIpc) is 3.42.